The van der Waals surface area contributed by atoms with Crippen LogP contribution in [0.3, 0.4) is 0 Å². The number of ketones is 1. The lowest BCUT2D eigenvalue weighted by molar-refractivity contribution is 0.0470. The molecule has 0 saturated carbocycles. The summed E-state index contributed by atoms with van der Waals surface area (Å²) >= 11 is 5.80. The van der Waals surface area contributed by atoms with E-state index < -0.39 is 29.7 Å². The fourth-order valence-electron chi connectivity index (χ4n) is 2.22. The van der Waals surface area contributed by atoms with Gasteiger partial charge in [0, 0.05) is 5.56 Å². The number of methoxy groups -OCH3 is 3. The van der Waals surface area contributed by atoms with Crippen molar-refractivity contribution in [2.45, 2.75) is 0 Å². The van der Waals surface area contributed by atoms with Gasteiger partial charge >= 0.3 is 5.97 Å². The van der Waals surface area contributed by atoms with Crippen molar-refractivity contribution in [3.63, 3.8) is 0 Å². The summed E-state index contributed by atoms with van der Waals surface area (Å²) in [7, 11) is 4.25. The van der Waals surface area contributed by atoms with Gasteiger partial charge in [0.2, 0.25) is 11.5 Å². The average Bonchev–Trinajstić information content (AvgIpc) is 2.64. The summed E-state index contributed by atoms with van der Waals surface area (Å²) in [5.74, 6) is -1.53. The van der Waals surface area contributed by atoms with Crippen molar-refractivity contribution in [3.8, 4) is 17.2 Å². The summed E-state index contributed by atoms with van der Waals surface area (Å²) in [6.45, 7) is -0.609. The minimum absolute atomic E-state index is 0.102. The predicted molar refractivity (Wildman–Crippen MR) is 92.1 cm³/mol. The number of hydrogen-bond donors (Lipinski definition) is 0. The molecule has 2 aromatic carbocycles. The third kappa shape index (κ3) is 4.05. The lowest BCUT2D eigenvalue weighted by atomic mass is 10.1. The Labute approximate surface area is 154 Å². The van der Waals surface area contributed by atoms with Crippen LogP contribution in [-0.2, 0) is 4.74 Å². The average molecular weight is 383 g/mol. The van der Waals surface area contributed by atoms with Crippen molar-refractivity contribution < 1.29 is 32.9 Å². The SMILES string of the molecule is COc1cc(C(=O)COC(=O)c2c(F)cccc2Cl)cc(OC)c1OC. The zero-order chi connectivity index (χ0) is 19.3. The van der Waals surface area contributed by atoms with Crippen LogP contribution < -0.4 is 14.2 Å². The first-order valence-corrected chi connectivity index (χ1v) is 7.75. The van der Waals surface area contributed by atoms with Gasteiger partial charge in [-0.1, -0.05) is 17.7 Å². The Kier molecular flexibility index (Phi) is 6.41. The molecule has 0 atom stereocenters. The minimum atomic E-state index is -1.03. The van der Waals surface area contributed by atoms with Gasteiger partial charge in [0.25, 0.3) is 0 Å². The fraction of sp³-hybridized carbons (Fsp3) is 0.222. The van der Waals surface area contributed by atoms with Crippen LogP contribution in [-0.4, -0.2) is 39.7 Å². The normalized spacial score (nSPS) is 10.2. The maximum Gasteiger partial charge on any atom is 0.343 e. The molecule has 0 bridgehead atoms. The van der Waals surface area contributed by atoms with E-state index in [1.807, 2.05) is 0 Å². The van der Waals surface area contributed by atoms with E-state index in [0.29, 0.717) is 5.75 Å². The number of esters is 1. The number of carbonyl (C=O) groups is 2. The number of halogens is 2. The second-order valence-electron chi connectivity index (χ2n) is 5.01. The molecule has 0 unspecified atom stereocenters. The molecule has 0 saturated heterocycles. The van der Waals surface area contributed by atoms with Gasteiger partial charge in [-0.25, -0.2) is 9.18 Å². The molecule has 0 aliphatic carbocycles. The molecule has 0 aromatic heterocycles. The van der Waals surface area contributed by atoms with Crippen LogP contribution in [0, 0.1) is 5.82 Å². The number of hydrogen-bond acceptors (Lipinski definition) is 6. The van der Waals surface area contributed by atoms with Crippen molar-refractivity contribution in [2.75, 3.05) is 27.9 Å². The minimum Gasteiger partial charge on any atom is -0.493 e. The van der Waals surface area contributed by atoms with Crippen molar-refractivity contribution in [2.24, 2.45) is 0 Å². The molecule has 2 rings (SSSR count). The Morgan fingerprint density at radius 2 is 1.65 bits per heavy atom. The van der Waals surface area contributed by atoms with Crippen molar-refractivity contribution in [1.82, 2.24) is 0 Å². The highest BCUT2D eigenvalue weighted by molar-refractivity contribution is 6.33. The standard InChI is InChI=1S/C18H16ClFO6/c1-23-14-7-10(8-15(24-2)17(14)25-3)13(21)9-26-18(22)16-11(19)5-4-6-12(16)20/h4-8H,9H2,1-3H3. The van der Waals surface area contributed by atoms with Crippen molar-refractivity contribution >= 4 is 23.4 Å². The topological polar surface area (TPSA) is 71.1 Å². The Morgan fingerprint density at radius 3 is 2.15 bits per heavy atom. The molecule has 2 aromatic rings. The molecule has 8 heteroatoms. The van der Waals surface area contributed by atoms with E-state index in [-0.39, 0.29) is 22.1 Å². The van der Waals surface area contributed by atoms with Crippen LogP contribution >= 0.6 is 11.6 Å². The molecule has 6 nitrogen and oxygen atoms in total. The third-order valence-electron chi connectivity index (χ3n) is 3.49. The summed E-state index contributed by atoms with van der Waals surface area (Å²) < 4.78 is 34.1. The van der Waals surface area contributed by atoms with E-state index in [1.54, 1.807) is 0 Å². The summed E-state index contributed by atoms with van der Waals surface area (Å²) in [6.07, 6.45) is 0. The molecule has 0 spiro atoms. The molecule has 138 valence electrons. The van der Waals surface area contributed by atoms with Gasteiger partial charge in [-0.15, -0.1) is 0 Å². The van der Waals surface area contributed by atoms with E-state index >= 15 is 0 Å². The van der Waals surface area contributed by atoms with Crippen molar-refractivity contribution in [1.29, 1.82) is 0 Å². The summed E-state index contributed by atoms with van der Waals surface area (Å²) in [5, 5.41) is -0.102. The van der Waals surface area contributed by atoms with E-state index in [0.717, 1.165) is 6.07 Å². The fourth-order valence-corrected chi connectivity index (χ4v) is 2.46. The summed E-state index contributed by atoms with van der Waals surface area (Å²) in [4.78, 5) is 24.3. The Bertz CT molecular complexity index is 791. The van der Waals surface area contributed by atoms with E-state index in [4.69, 9.17) is 30.5 Å². The summed E-state index contributed by atoms with van der Waals surface area (Å²) in [6, 6.07) is 6.63. The van der Waals surface area contributed by atoms with Gasteiger partial charge in [0.05, 0.1) is 26.4 Å². The first kappa shape index (κ1) is 19.5. The molecule has 0 N–H and O–H groups in total. The van der Waals surface area contributed by atoms with Crippen LogP contribution in [0.5, 0.6) is 17.2 Å². The van der Waals surface area contributed by atoms with Gasteiger partial charge < -0.3 is 18.9 Å². The third-order valence-corrected chi connectivity index (χ3v) is 3.80. The molecule has 0 fully saturated rings. The van der Waals surface area contributed by atoms with Gasteiger partial charge in [-0.2, -0.15) is 0 Å². The van der Waals surface area contributed by atoms with E-state index in [2.05, 4.69) is 0 Å². The Balaban J connectivity index is 2.19. The molecule has 0 heterocycles. The lowest BCUT2D eigenvalue weighted by Gasteiger charge is -2.13. The molecule has 0 aliphatic heterocycles. The van der Waals surface area contributed by atoms with Crippen LogP contribution in [0.15, 0.2) is 30.3 Å². The molecular formula is C18H16ClFO6. The first-order valence-electron chi connectivity index (χ1n) is 7.37. The van der Waals surface area contributed by atoms with Crippen LogP contribution in [0.4, 0.5) is 4.39 Å². The van der Waals surface area contributed by atoms with Crippen LogP contribution in [0.2, 0.25) is 5.02 Å². The maximum absolute atomic E-state index is 13.7. The Morgan fingerprint density at radius 1 is 1.04 bits per heavy atom. The second kappa shape index (κ2) is 8.53. The first-order chi connectivity index (χ1) is 12.4. The second-order valence-corrected chi connectivity index (χ2v) is 5.42. The highest BCUT2D eigenvalue weighted by Gasteiger charge is 2.21. The highest BCUT2D eigenvalue weighted by atomic mass is 35.5. The lowest BCUT2D eigenvalue weighted by Crippen LogP contribution is -2.16. The van der Waals surface area contributed by atoms with Gasteiger partial charge in [0.1, 0.15) is 11.4 Å². The molecule has 26 heavy (non-hydrogen) atoms. The summed E-state index contributed by atoms with van der Waals surface area (Å²) in [5.41, 5.74) is -0.251. The van der Waals surface area contributed by atoms with Crippen LogP contribution in [0.1, 0.15) is 20.7 Å². The largest absolute Gasteiger partial charge is 0.493 e. The Hall–Kier alpha value is -2.80. The number of carbonyl (C=O) groups excluding carboxylic acids is 2. The quantitative estimate of drug-likeness (QED) is 0.538. The molecular weight excluding hydrogens is 367 g/mol. The monoisotopic (exact) mass is 382 g/mol. The smallest absolute Gasteiger partial charge is 0.343 e. The maximum atomic E-state index is 13.7. The van der Waals surface area contributed by atoms with Gasteiger partial charge in [-0.05, 0) is 24.3 Å². The van der Waals surface area contributed by atoms with Crippen LogP contribution in [0.25, 0.3) is 0 Å². The van der Waals surface area contributed by atoms with E-state index in [9.17, 15) is 14.0 Å². The molecule has 0 radical (unpaired) electrons. The predicted octanol–water partition coefficient (Wildman–Crippen LogP) is 3.54. The highest BCUT2D eigenvalue weighted by Crippen LogP contribution is 2.38. The van der Waals surface area contributed by atoms with Gasteiger partial charge in [0.15, 0.2) is 18.1 Å². The zero-order valence-electron chi connectivity index (χ0n) is 14.3. The number of benzene rings is 2. The van der Waals surface area contributed by atoms with Gasteiger partial charge in [-0.3, -0.25) is 4.79 Å². The number of ether oxygens (including phenoxy) is 4. The number of rotatable bonds is 7. The number of Topliss-reactive ketones (excluding diaryl/α,β-unsaturated/α-hetero) is 1. The molecule has 0 amide bonds. The zero-order valence-corrected chi connectivity index (χ0v) is 15.1. The van der Waals surface area contributed by atoms with Crippen molar-refractivity contribution in [3.05, 3.63) is 52.3 Å². The molecule has 0 aliphatic rings. The van der Waals surface area contributed by atoms with E-state index in [1.165, 1.54) is 45.6 Å².